The predicted molar refractivity (Wildman–Crippen MR) is 73.3 cm³/mol. The topological polar surface area (TPSA) is 131 Å². The summed E-state index contributed by atoms with van der Waals surface area (Å²) in [5, 5.41) is 33.0. The molecule has 0 fully saturated rings. The van der Waals surface area contributed by atoms with Crippen LogP contribution in [0.4, 0.5) is 0 Å². The fourth-order valence-corrected chi connectivity index (χ4v) is 1.89. The van der Waals surface area contributed by atoms with Crippen molar-refractivity contribution in [2.75, 3.05) is 20.3 Å². The molecule has 0 unspecified atom stereocenters. The van der Waals surface area contributed by atoms with E-state index >= 15 is 0 Å². The zero-order valence-electron chi connectivity index (χ0n) is 11.6. The molecule has 0 atom stereocenters. The summed E-state index contributed by atoms with van der Waals surface area (Å²) in [6.45, 7) is 0.615. The standard InChI is InChI=1S/C13H12N4O5/c1-22-5-4-15-12(18)8-2-3-9-10(6-8)17(21)13(19)11(7-14)16(9)20/h2-3,6,21H,4-5H2,1H3,(H,15,18). The Balaban J connectivity index is 2.52. The Kier molecular flexibility index (Phi) is 4.24. The highest BCUT2D eigenvalue weighted by atomic mass is 16.5. The molecule has 0 aliphatic rings. The molecule has 9 nitrogen and oxygen atoms in total. The van der Waals surface area contributed by atoms with Crippen LogP contribution in [0.3, 0.4) is 0 Å². The van der Waals surface area contributed by atoms with Crippen LogP contribution in [0.15, 0.2) is 23.0 Å². The number of aromatic nitrogens is 2. The van der Waals surface area contributed by atoms with E-state index in [4.69, 9.17) is 10.00 Å². The SMILES string of the molecule is COCCNC(=O)c1ccc2c(c1)n(O)c(=O)c(C#N)[n+]2[O-]. The summed E-state index contributed by atoms with van der Waals surface area (Å²) in [7, 11) is 1.49. The smallest absolute Gasteiger partial charge is 0.368 e. The quantitative estimate of drug-likeness (QED) is 0.326. The number of carbonyl (C=O) groups is 1. The molecule has 0 spiro atoms. The minimum atomic E-state index is -1.15. The number of methoxy groups -OCH3 is 1. The molecular weight excluding hydrogens is 292 g/mol. The van der Waals surface area contributed by atoms with Crippen molar-refractivity contribution in [2.45, 2.75) is 0 Å². The van der Waals surface area contributed by atoms with Crippen molar-refractivity contribution in [2.24, 2.45) is 0 Å². The number of nitriles is 1. The lowest BCUT2D eigenvalue weighted by atomic mass is 10.1. The van der Waals surface area contributed by atoms with Gasteiger partial charge in [0.15, 0.2) is 11.6 Å². The molecule has 0 radical (unpaired) electrons. The molecule has 0 saturated heterocycles. The van der Waals surface area contributed by atoms with Gasteiger partial charge in [-0.3, -0.25) is 9.59 Å². The van der Waals surface area contributed by atoms with Crippen molar-refractivity contribution in [1.82, 2.24) is 10.0 Å². The first-order chi connectivity index (χ1) is 10.5. The first-order valence-corrected chi connectivity index (χ1v) is 6.20. The Labute approximate surface area is 124 Å². The second-order valence-corrected chi connectivity index (χ2v) is 4.32. The molecule has 1 amide bonds. The number of hydrogen-bond acceptors (Lipinski definition) is 6. The van der Waals surface area contributed by atoms with E-state index in [0.29, 0.717) is 6.61 Å². The Bertz CT molecular complexity index is 837. The maximum Gasteiger partial charge on any atom is 0.368 e. The van der Waals surface area contributed by atoms with Gasteiger partial charge in [-0.2, -0.15) is 5.26 Å². The molecule has 0 saturated carbocycles. The van der Waals surface area contributed by atoms with Gasteiger partial charge in [-0.15, -0.1) is 9.46 Å². The number of amides is 1. The van der Waals surface area contributed by atoms with Gasteiger partial charge >= 0.3 is 11.3 Å². The molecule has 2 aromatic rings. The number of carbonyl (C=O) groups excluding carboxylic acids is 1. The molecule has 0 bridgehead atoms. The summed E-state index contributed by atoms with van der Waals surface area (Å²) in [5.41, 5.74) is -2.03. The van der Waals surface area contributed by atoms with Gasteiger partial charge in [0.2, 0.25) is 5.52 Å². The number of nitrogens with one attached hydrogen (secondary N) is 1. The maximum absolute atomic E-state index is 11.9. The van der Waals surface area contributed by atoms with E-state index in [1.807, 2.05) is 0 Å². The maximum atomic E-state index is 11.9. The molecular formula is C13H12N4O5. The second-order valence-electron chi connectivity index (χ2n) is 4.32. The third-order valence-corrected chi connectivity index (χ3v) is 2.98. The fourth-order valence-electron chi connectivity index (χ4n) is 1.89. The Morgan fingerprint density at radius 1 is 1.59 bits per heavy atom. The van der Waals surface area contributed by atoms with Gasteiger partial charge in [0.25, 0.3) is 5.91 Å². The van der Waals surface area contributed by atoms with Crippen LogP contribution in [-0.4, -0.2) is 36.1 Å². The zero-order valence-corrected chi connectivity index (χ0v) is 11.6. The minimum Gasteiger partial charge on any atom is -0.617 e. The van der Waals surface area contributed by atoms with Crippen molar-refractivity contribution >= 4 is 16.9 Å². The normalized spacial score (nSPS) is 10.4. The van der Waals surface area contributed by atoms with Crippen LogP contribution >= 0.6 is 0 Å². The highest BCUT2D eigenvalue weighted by molar-refractivity contribution is 5.96. The second kappa shape index (κ2) is 6.11. The lowest BCUT2D eigenvalue weighted by molar-refractivity contribution is -0.581. The molecule has 2 rings (SSSR count). The van der Waals surface area contributed by atoms with Crippen LogP contribution in [-0.2, 0) is 4.74 Å². The summed E-state index contributed by atoms with van der Waals surface area (Å²) >= 11 is 0. The average Bonchev–Trinajstić information content (AvgIpc) is 2.53. The van der Waals surface area contributed by atoms with Crippen LogP contribution in [0.25, 0.3) is 11.0 Å². The molecule has 22 heavy (non-hydrogen) atoms. The zero-order chi connectivity index (χ0) is 16.3. The van der Waals surface area contributed by atoms with E-state index in [0.717, 1.165) is 0 Å². The number of rotatable bonds is 4. The van der Waals surface area contributed by atoms with E-state index < -0.39 is 17.2 Å². The lowest BCUT2D eigenvalue weighted by Crippen LogP contribution is -2.42. The highest BCUT2D eigenvalue weighted by Gasteiger charge is 2.21. The van der Waals surface area contributed by atoms with E-state index in [1.54, 1.807) is 0 Å². The van der Waals surface area contributed by atoms with Crippen LogP contribution in [0, 0.1) is 16.5 Å². The van der Waals surface area contributed by atoms with Gasteiger partial charge < -0.3 is 20.5 Å². The number of benzene rings is 1. The van der Waals surface area contributed by atoms with Gasteiger partial charge in [-0.25, -0.2) is 0 Å². The molecule has 1 aromatic carbocycles. The number of hydrogen-bond donors (Lipinski definition) is 2. The van der Waals surface area contributed by atoms with Crippen LogP contribution in [0.5, 0.6) is 0 Å². The van der Waals surface area contributed by atoms with Crippen molar-refractivity contribution in [3.63, 3.8) is 0 Å². The average molecular weight is 304 g/mol. The highest BCUT2D eigenvalue weighted by Crippen LogP contribution is 2.11. The molecule has 9 heteroatoms. The molecule has 0 aliphatic carbocycles. The molecule has 2 N–H and O–H groups in total. The Morgan fingerprint density at radius 2 is 2.32 bits per heavy atom. The van der Waals surface area contributed by atoms with Gasteiger partial charge in [-0.1, -0.05) is 0 Å². The first kappa shape index (κ1) is 15.3. The summed E-state index contributed by atoms with van der Waals surface area (Å²) in [6, 6.07) is 5.22. The van der Waals surface area contributed by atoms with E-state index in [9.17, 15) is 20.0 Å². The first-order valence-electron chi connectivity index (χ1n) is 6.20. The van der Waals surface area contributed by atoms with Crippen molar-refractivity contribution in [3.05, 3.63) is 45.0 Å². The monoisotopic (exact) mass is 304 g/mol. The van der Waals surface area contributed by atoms with Crippen molar-refractivity contribution in [1.29, 1.82) is 5.26 Å². The summed E-state index contributed by atoms with van der Waals surface area (Å²) in [5.74, 6) is -0.451. The summed E-state index contributed by atoms with van der Waals surface area (Å²) in [6.07, 6.45) is 0. The van der Waals surface area contributed by atoms with Crippen molar-refractivity contribution < 1.29 is 19.5 Å². The molecule has 1 aromatic heterocycles. The molecule has 114 valence electrons. The number of ether oxygens (including phenoxy) is 1. The minimum absolute atomic E-state index is 0.105. The summed E-state index contributed by atoms with van der Waals surface area (Å²) < 4.78 is 5.10. The summed E-state index contributed by atoms with van der Waals surface area (Å²) in [4.78, 5) is 23.6. The van der Waals surface area contributed by atoms with Crippen LogP contribution < -0.4 is 15.6 Å². The molecule has 1 heterocycles. The largest absolute Gasteiger partial charge is 0.617 e. The van der Waals surface area contributed by atoms with Crippen molar-refractivity contribution in [3.8, 4) is 6.07 Å². The van der Waals surface area contributed by atoms with Crippen LogP contribution in [0.1, 0.15) is 16.1 Å². The van der Waals surface area contributed by atoms with E-state index in [-0.39, 0.29) is 32.6 Å². The number of nitrogens with zero attached hydrogens (tertiary/aromatic N) is 3. The van der Waals surface area contributed by atoms with Gasteiger partial charge in [0.1, 0.15) is 0 Å². The van der Waals surface area contributed by atoms with E-state index in [1.165, 1.54) is 31.4 Å². The lowest BCUT2D eigenvalue weighted by Gasteiger charge is -2.08. The van der Waals surface area contributed by atoms with Gasteiger partial charge in [0, 0.05) is 25.3 Å². The third-order valence-electron chi connectivity index (χ3n) is 2.98. The van der Waals surface area contributed by atoms with Crippen LogP contribution in [0.2, 0.25) is 0 Å². The van der Waals surface area contributed by atoms with Gasteiger partial charge in [-0.05, 0) is 12.1 Å². The fraction of sp³-hybridized carbons (Fsp3) is 0.231. The Hall–Kier alpha value is -3.12. The van der Waals surface area contributed by atoms with E-state index in [2.05, 4.69) is 5.32 Å². The Morgan fingerprint density at radius 3 is 2.95 bits per heavy atom. The van der Waals surface area contributed by atoms with Gasteiger partial charge in [0.05, 0.1) is 6.61 Å². The predicted octanol–water partition coefficient (Wildman–Crippen LogP) is -0.880. The third kappa shape index (κ3) is 2.55. The molecule has 0 aliphatic heterocycles. The number of fused-ring (bicyclic) bond motifs is 1.